The average molecular weight is 297 g/mol. The molecular formula is C16H15N3OS. The summed E-state index contributed by atoms with van der Waals surface area (Å²) in [4.78, 5) is 19.0. The molecule has 2 heterocycles. The Labute approximate surface area is 126 Å². The van der Waals surface area contributed by atoms with Crippen molar-refractivity contribution in [2.24, 2.45) is 5.10 Å². The van der Waals surface area contributed by atoms with Gasteiger partial charge in [0.1, 0.15) is 10.7 Å². The summed E-state index contributed by atoms with van der Waals surface area (Å²) in [7, 11) is 0. The molecule has 0 atom stereocenters. The van der Waals surface area contributed by atoms with Gasteiger partial charge in [-0.25, -0.2) is 4.98 Å². The fraction of sp³-hybridized carbons (Fsp3) is 0.188. The number of rotatable bonds is 2. The molecule has 0 N–H and O–H groups in total. The zero-order valence-electron chi connectivity index (χ0n) is 12.1. The lowest BCUT2D eigenvalue weighted by molar-refractivity contribution is 0.772. The van der Waals surface area contributed by atoms with Crippen molar-refractivity contribution in [1.82, 2.24) is 9.66 Å². The molecule has 0 radical (unpaired) electrons. The molecule has 0 bridgehead atoms. The van der Waals surface area contributed by atoms with Crippen LogP contribution in [0.15, 0.2) is 40.2 Å². The fourth-order valence-corrected chi connectivity index (χ4v) is 3.25. The van der Waals surface area contributed by atoms with E-state index >= 15 is 0 Å². The third kappa shape index (κ3) is 2.40. The summed E-state index contributed by atoms with van der Waals surface area (Å²) in [5, 5.41) is 4.97. The van der Waals surface area contributed by atoms with E-state index in [1.54, 1.807) is 24.5 Å². The maximum atomic E-state index is 12.6. The summed E-state index contributed by atoms with van der Waals surface area (Å²) >= 11 is 1.55. The van der Waals surface area contributed by atoms with Gasteiger partial charge in [0.25, 0.3) is 5.56 Å². The van der Waals surface area contributed by atoms with Crippen LogP contribution >= 0.6 is 11.3 Å². The second-order valence-electron chi connectivity index (χ2n) is 4.89. The molecule has 0 saturated carbocycles. The van der Waals surface area contributed by atoms with E-state index < -0.39 is 0 Å². The van der Waals surface area contributed by atoms with Crippen molar-refractivity contribution in [3.8, 4) is 0 Å². The van der Waals surface area contributed by atoms with E-state index in [0.717, 1.165) is 20.8 Å². The Hall–Kier alpha value is -2.27. The van der Waals surface area contributed by atoms with E-state index in [4.69, 9.17) is 0 Å². The molecule has 2 aromatic heterocycles. The minimum atomic E-state index is -0.105. The Kier molecular flexibility index (Phi) is 3.43. The number of hydrogen-bond donors (Lipinski definition) is 0. The molecule has 1 aromatic carbocycles. The molecule has 0 unspecified atom stereocenters. The third-order valence-electron chi connectivity index (χ3n) is 3.46. The number of hydrogen-bond acceptors (Lipinski definition) is 4. The topological polar surface area (TPSA) is 47.2 Å². The summed E-state index contributed by atoms with van der Waals surface area (Å²) in [6.07, 6.45) is 1.68. The Bertz CT molecular complexity index is 891. The standard InChI is InChI=1S/C16H15N3OS/c1-10-11(2)21-15-14(10)16(20)19(12(3)18-15)17-9-13-7-5-4-6-8-13/h4-9H,1-3H3/b17-9-. The average Bonchev–Trinajstić information content (AvgIpc) is 2.74. The van der Waals surface area contributed by atoms with E-state index in [1.165, 1.54) is 4.68 Å². The van der Waals surface area contributed by atoms with Gasteiger partial charge >= 0.3 is 0 Å². The van der Waals surface area contributed by atoms with Crippen molar-refractivity contribution in [3.63, 3.8) is 0 Å². The molecular weight excluding hydrogens is 282 g/mol. The van der Waals surface area contributed by atoms with Gasteiger partial charge in [-0.15, -0.1) is 11.3 Å². The van der Waals surface area contributed by atoms with Crippen LogP contribution in [-0.4, -0.2) is 15.9 Å². The lowest BCUT2D eigenvalue weighted by atomic mass is 10.2. The van der Waals surface area contributed by atoms with Crippen molar-refractivity contribution in [1.29, 1.82) is 0 Å². The Morgan fingerprint density at radius 1 is 1.19 bits per heavy atom. The maximum absolute atomic E-state index is 12.6. The van der Waals surface area contributed by atoms with Gasteiger partial charge in [-0.3, -0.25) is 4.79 Å². The fourth-order valence-electron chi connectivity index (χ4n) is 2.19. The highest BCUT2D eigenvalue weighted by Crippen LogP contribution is 2.26. The molecule has 3 aromatic rings. The van der Waals surface area contributed by atoms with E-state index in [2.05, 4.69) is 10.1 Å². The summed E-state index contributed by atoms with van der Waals surface area (Å²) in [5.74, 6) is 0.598. The van der Waals surface area contributed by atoms with Gasteiger partial charge in [0.15, 0.2) is 0 Å². The van der Waals surface area contributed by atoms with E-state index in [0.29, 0.717) is 11.2 Å². The van der Waals surface area contributed by atoms with Crippen LogP contribution in [0.1, 0.15) is 21.8 Å². The number of nitrogens with zero attached hydrogens (tertiary/aromatic N) is 3. The zero-order chi connectivity index (χ0) is 15.0. The van der Waals surface area contributed by atoms with Gasteiger partial charge in [-0.1, -0.05) is 30.3 Å². The highest BCUT2D eigenvalue weighted by Gasteiger charge is 2.13. The lowest BCUT2D eigenvalue weighted by Crippen LogP contribution is -2.20. The zero-order valence-corrected chi connectivity index (χ0v) is 12.9. The van der Waals surface area contributed by atoms with Gasteiger partial charge in [0, 0.05) is 4.88 Å². The van der Waals surface area contributed by atoms with Gasteiger partial charge in [0.2, 0.25) is 0 Å². The quantitative estimate of drug-likeness (QED) is 0.682. The van der Waals surface area contributed by atoms with Crippen LogP contribution in [0.4, 0.5) is 0 Å². The number of aromatic nitrogens is 2. The van der Waals surface area contributed by atoms with Gasteiger partial charge in [-0.2, -0.15) is 9.78 Å². The molecule has 21 heavy (non-hydrogen) atoms. The molecule has 0 spiro atoms. The monoisotopic (exact) mass is 297 g/mol. The molecule has 106 valence electrons. The molecule has 5 heteroatoms. The van der Waals surface area contributed by atoms with Crippen LogP contribution in [0.2, 0.25) is 0 Å². The smallest absolute Gasteiger partial charge is 0.267 e. The maximum Gasteiger partial charge on any atom is 0.283 e. The highest BCUT2D eigenvalue weighted by atomic mass is 32.1. The van der Waals surface area contributed by atoms with Crippen LogP contribution in [0.5, 0.6) is 0 Å². The molecule has 0 aliphatic rings. The molecule has 0 amide bonds. The van der Waals surface area contributed by atoms with Crippen LogP contribution < -0.4 is 5.56 Å². The van der Waals surface area contributed by atoms with Crippen molar-refractivity contribution in [3.05, 3.63) is 62.5 Å². The van der Waals surface area contributed by atoms with Gasteiger partial charge in [-0.05, 0) is 31.9 Å². The number of aryl methyl sites for hydroxylation is 3. The third-order valence-corrected chi connectivity index (χ3v) is 4.57. The number of benzene rings is 1. The molecule has 0 fully saturated rings. The first-order valence-electron chi connectivity index (χ1n) is 6.66. The lowest BCUT2D eigenvalue weighted by Gasteiger charge is -2.03. The Morgan fingerprint density at radius 3 is 2.62 bits per heavy atom. The summed E-state index contributed by atoms with van der Waals surface area (Å²) in [6, 6.07) is 9.70. The highest BCUT2D eigenvalue weighted by molar-refractivity contribution is 7.18. The molecule has 0 aliphatic carbocycles. The molecule has 4 nitrogen and oxygen atoms in total. The van der Waals surface area contributed by atoms with Crippen LogP contribution in [0.25, 0.3) is 10.2 Å². The van der Waals surface area contributed by atoms with Gasteiger partial charge in [0.05, 0.1) is 11.6 Å². The second-order valence-corrected chi connectivity index (χ2v) is 6.10. The molecule has 0 saturated heterocycles. The van der Waals surface area contributed by atoms with E-state index in [1.807, 2.05) is 44.2 Å². The first kappa shape index (κ1) is 13.7. The van der Waals surface area contributed by atoms with Crippen molar-refractivity contribution >= 4 is 27.8 Å². The van der Waals surface area contributed by atoms with Crippen molar-refractivity contribution in [2.75, 3.05) is 0 Å². The number of thiophene rings is 1. The van der Waals surface area contributed by atoms with E-state index in [-0.39, 0.29) is 5.56 Å². The van der Waals surface area contributed by atoms with Crippen LogP contribution in [-0.2, 0) is 0 Å². The number of fused-ring (bicyclic) bond motifs is 1. The Morgan fingerprint density at radius 2 is 1.90 bits per heavy atom. The SMILES string of the molecule is Cc1sc2nc(C)n(/N=C\c3ccccc3)c(=O)c2c1C. The second kappa shape index (κ2) is 5.26. The van der Waals surface area contributed by atoms with Crippen LogP contribution in [0.3, 0.4) is 0 Å². The summed E-state index contributed by atoms with van der Waals surface area (Å²) in [5.41, 5.74) is 1.84. The minimum absolute atomic E-state index is 0.105. The van der Waals surface area contributed by atoms with E-state index in [9.17, 15) is 4.79 Å². The summed E-state index contributed by atoms with van der Waals surface area (Å²) < 4.78 is 1.37. The first-order valence-corrected chi connectivity index (χ1v) is 7.48. The van der Waals surface area contributed by atoms with Gasteiger partial charge < -0.3 is 0 Å². The van der Waals surface area contributed by atoms with Crippen LogP contribution in [0, 0.1) is 20.8 Å². The largest absolute Gasteiger partial charge is 0.283 e. The molecule has 0 aliphatic heterocycles. The summed E-state index contributed by atoms with van der Waals surface area (Å²) in [6.45, 7) is 5.76. The molecule has 3 rings (SSSR count). The van der Waals surface area contributed by atoms with Crippen molar-refractivity contribution < 1.29 is 0 Å². The normalized spacial score (nSPS) is 11.6. The predicted molar refractivity (Wildman–Crippen MR) is 87.5 cm³/mol. The first-order chi connectivity index (χ1) is 10.1. The van der Waals surface area contributed by atoms with Crippen molar-refractivity contribution in [2.45, 2.75) is 20.8 Å². The Balaban J connectivity index is 2.17. The minimum Gasteiger partial charge on any atom is -0.267 e. The predicted octanol–water partition coefficient (Wildman–Crippen LogP) is 3.27.